The molecule has 108 valence electrons. The van der Waals surface area contributed by atoms with Gasteiger partial charge in [0.15, 0.2) is 6.10 Å². The fourth-order valence-electron chi connectivity index (χ4n) is 2.88. The molecule has 1 aromatic rings. The molecule has 2 fully saturated rings. The fourth-order valence-corrected chi connectivity index (χ4v) is 3.14. The van der Waals surface area contributed by atoms with Crippen LogP contribution in [0.1, 0.15) is 24.4 Å². The summed E-state index contributed by atoms with van der Waals surface area (Å²) in [5, 5.41) is 0. The molecule has 2 saturated heterocycles. The summed E-state index contributed by atoms with van der Waals surface area (Å²) in [7, 11) is 0. The summed E-state index contributed by atoms with van der Waals surface area (Å²) in [6, 6.07) is 8.38. The molecule has 1 aromatic carbocycles. The minimum atomic E-state index is -0.431. The number of hydrogen-bond donors (Lipinski definition) is 0. The quantitative estimate of drug-likeness (QED) is 0.831. The predicted molar refractivity (Wildman–Crippen MR) is 78.4 cm³/mol. The number of rotatable bonds is 2. The van der Waals surface area contributed by atoms with Crippen molar-refractivity contribution in [3.8, 4) is 0 Å². The lowest BCUT2D eigenvalue weighted by molar-refractivity contribution is -0.158. The van der Waals surface area contributed by atoms with Gasteiger partial charge >= 0.3 is 0 Å². The van der Waals surface area contributed by atoms with E-state index in [1.807, 2.05) is 17.0 Å². The monoisotopic (exact) mass is 339 g/mol. The summed E-state index contributed by atoms with van der Waals surface area (Å²) < 4.78 is 11.9. The molecule has 0 unspecified atom stereocenters. The molecule has 0 bridgehead atoms. The Balaban J connectivity index is 1.74. The number of carbonyl (C=O) groups excluding carboxylic acids is 1. The smallest absolute Gasteiger partial charge is 0.254 e. The Bertz CT molecular complexity index is 471. The van der Waals surface area contributed by atoms with Crippen LogP contribution in [0, 0.1) is 0 Å². The van der Waals surface area contributed by atoms with E-state index in [0.29, 0.717) is 19.8 Å². The van der Waals surface area contributed by atoms with E-state index < -0.39 is 6.10 Å². The molecule has 4 nitrogen and oxygen atoms in total. The highest BCUT2D eigenvalue weighted by Crippen LogP contribution is 2.33. The number of ether oxygens (including phenoxy) is 2. The van der Waals surface area contributed by atoms with Crippen molar-refractivity contribution in [2.45, 2.75) is 25.0 Å². The topological polar surface area (TPSA) is 38.8 Å². The summed E-state index contributed by atoms with van der Waals surface area (Å²) in [5.41, 5.74) is 1.19. The first-order valence-corrected chi connectivity index (χ1v) is 7.80. The van der Waals surface area contributed by atoms with Crippen molar-refractivity contribution >= 4 is 21.8 Å². The van der Waals surface area contributed by atoms with E-state index in [0.717, 1.165) is 23.9 Å². The standard InChI is InChI=1S/C15H18BrNO3/c16-12-5-3-11(4-6-12)13-2-1-7-17(13)15(18)14-10-19-8-9-20-14/h3-6,13-14H,1-2,7-10H2/t13-,14-/m1/s1. The third-order valence-electron chi connectivity index (χ3n) is 3.88. The van der Waals surface area contributed by atoms with Gasteiger partial charge in [-0.05, 0) is 30.5 Å². The number of likely N-dealkylation sites (tertiary alicyclic amines) is 1. The third kappa shape index (κ3) is 2.90. The van der Waals surface area contributed by atoms with Crippen LogP contribution < -0.4 is 0 Å². The normalized spacial score (nSPS) is 26.8. The summed E-state index contributed by atoms with van der Waals surface area (Å²) in [5.74, 6) is 0.0649. The van der Waals surface area contributed by atoms with Gasteiger partial charge in [0, 0.05) is 11.0 Å². The lowest BCUT2D eigenvalue weighted by Gasteiger charge is -2.30. The Hall–Kier alpha value is -0.910. The van der Waals surface area contributed by atoms with E-state index in [1.54, 1.807) is 0 Å². The minimum absolute atomic E-state index is 0.0649. The minimum Gasteiger partial charge on any atom is -0.376 e. The van der Waals surface area contributed by atoms with Crippen LogP contribution >= 0.6 is 15.9 Å². The molecule has 0 radical (unpaired) electrons. The fraction of sp³-hybridized carbons (Fsp3) is 0.533. The van der Waals surface area contributed by atoms with Crippen LogP contribution in [-0.2, 0) is 14.3 Å². The summed E-state index contributed by atoms with van der Waals surface area (Å²) in [4.78, 5) is 14.5. The van der Waals surface area contributed by atoms with Crippen LogP contribution in [0.3, 0.4) is 0 Å². The Morgan fingerprint density at radius 2 is 2.05 bits per heavy atom. The number of hydrogen-bond acceptors (Lipinski definition) is 3. The summed E-state index contributed by atoms with van der Waals surface area (Å²) in [6.07, 6.45) is 1.63. The molecule has 5 heteroatoms. The maximum Gasteiger partial charge on any atom is 0.254 e. The average Bonchev–Trinajstić information content (AvgIpc) is 2.97. The molecular weight excluding hydrogens is 322 g/mol. The maximum atomic E-state index is 12.6. The molecule has 0 aliphatic carbocycles. The van der Waals surface area contributed by atoms with Gasteiger partial charge < -0.3 is 14.4 Å². The second-order valence-corrected chi connectivity index (χ2v) is 6.09. The zero-order valence-corrected chi connectivity index (χ0v) is 12.8. The molecule has 2 aliphatic heterocycles. The lowest BCUT2D eigenvalue weighted by atomic mass is 10.0. The van der Waals surface area contributed by atoms with E-state index in [2.05, 4.69) is 28.1 Å². The molecular formula is C15H18BrNO3. The summed E-state index contributed by atoms with van der Waals surface area (Å²) >= 11 is 3.44. The van der Waals surface area contributed by atoms with Crippen LogP contribution in [0.15, 0.2) is 28.7 Å². The zero-order chi connectivity index (χ0) is 13.9. The van der Waals surface area contributed by atoms with Gasteiger partial charge in [0.1, 0.15) is 0 Å². The SMILES string of the molecule is O=C([C@H]1COCCO1)N1CCC[C@@H]1c1ccc(Br)cc1. The van der Waals surface area contributed by atoms with Gasteiger partial charge in [-0.3, -0.25) is 4.79 Å². The van der Waals surface area contributed by atoms with Gasteiger partial charge in [-0.1, -0.05) is 28.1 Å². The van der Waals surface area contributed by atoms with Crippen molar-refractivity contribution < 1.29 is 14.3 Å². The first-order valence-electron chi connectivity index (χ1n) is 7.01. The summed E-state index contributed by atoms with van der Waals surface area (Å²) in [6.45, 7) is 2.27. The second kappa shape index (κ2) is 6.24. The number of carbonyl (C=O) groups is 1. The second-order valence-electron chi connectivity index (χ2n) is 5.18. The Kier molecular flexibility index (Phi) is 4.38. The molecule has 2 atom stereocenters. The molecule has 3 rings (SSSR count). The van der Waals surface area contributed by atoms with Crippen molar-refractivity contribution in [3.63, 3.8) is 0 Å². The Labute approximate surface area is 127 Å². The van der Waals surface area contributed by atoms with Gasteiger partial charge in [0.05, 0.1) is 25.9 Å². The van der Waals surface area contributed by atoms with E-state index in [-0.39, 0.29) is 11.9 Å². The molecule has 1 amide bonds. The van der Waals surface area contributed by atoms with Crippen molar-refractivity contribution in [1.82, 2.24) is 4.90 Å². The predicted octanol–water partition coefficient (Wildman–Crippen LogP) is 2.53. The first-order chi connectivity index (χ1) is 9.75. The number of amides is 1. The van der Waals surface area contributed by atoms with Crippen molar-refractivity contribution in [3.05, 3.63) is 34.3 Å². The molecule has 0 saturated carbocycles. The lowest BCUT2D eigenvalue weighted by Crippen LogP contribution is -2.45. The Morgan fingerprint density at radius 3 is 2.75 bits per heavy atom. The van der Waals surface area contributed by atoms with Crippen LogP contribution in [0.5, 0.6) is 0 Å². The van der Waals surface area contributed by atoms with Crippen LogP contribution in [0.25, 0.3) is 0 Å². The van der Waals surface area contributed by atoms with E-state index in [4.69, 9.17) is 9.47 Å². The van der Waals surface area contributed by atoms with E-state index in [9.17, 15) is 4.79 Å². The highest BCUT2D eigenvalue weighted by molar-refractivity contribution is 9.10. The maximum absolute atomic E-state index is 12.6. The molecule has 2 aliphatic rings. The number of nitrogens with zero attached hydrogens (tertiary/aromatic N) is 1. The van der Waals surface area contributed by atoms with E-state index >= 15 is 0 Å². The number of halogens is 1. The average molecular weight is 340 g/mol. The van der Waals surface area contributed by atoms with Crippen molar-refractivity contribution in [1.29, 1.82) is 0 Å². The highest BCUT2D eigenvalue weighted by Gasteiger charge is 2.35. The molecule has 0 N–H and O–H groups in total. The number of benzene rings is 1. The van der Waals surface area contributed by atoms with E-state index in [1.165, 1.54) is 5.56 Å². The van der Waals surface area contributed by atoms with Crippen molar-refractivity contribution in [2.24, 2.45) is 0 Å². The highest BCUT2D eigenvalue weighted by atomic mass is 79.9. The Morgan fingerprint density at radius 1 is 1.25 bits per heavy atom. The van der Waals surface area contributed by atoms with Gasteiger partial charge in [-0.15, -0.1) is 0 Å². The van der Waals surface area contributed by atoms with Crippen LogP contribution in [-0.4, -0.2) is 43.3 Å². The van der Waals surface area contributed by atoms with Crippen LogP contribution in [0.2, 0.25) is 0 Å². The van der Waals surface area contributed by atoms with Gasteiger partial charge in [-0.2, -0.15) is 0 Å². The van der Waals surface area contributed by atoms with Gasteiger partial charge in [-0.25, -0.2) is 0 Å². The third-order valence-corrected chi connectivity index (χ3v) is 4.41. The zero-order valence-electron chi connectivity index (χ0n) is 11.3. The van der Waals surface area contributed by atoms with Gasteiger partial charge in [0.25, 0.3) is 5.91 Å². The first kappa shape index (κ1) is 14.0. The van der Waals surface area contributed by atoms with Crippen LogP contribution in [0.4, 0.5) is 0 Å². The molecule has 2 heterocycles. The molecule has 0 aromatic heterocycles. The van der Waals surface area contributed by atoms with Crippen molar-refractivity contribution in [2.75, 3.05) is 26.4 Å². The largest absolute Gasteiger partial charge is 0.376 e. The molecule has 0 spiro atoms. The van der Waals surface area contributed by atoms with Gasteiger partial charge in [0.2, 0.25) is 0 Å². The molecule has 20 heavy (non-hydrogen) atoms.